The number of ether oxygens (including phenoxy) is 3. The third kappa shape index (κ3) is 5.05. The first kappa shape index (κ1) is 23.0. The van der Waals surface area contributed by atoms with Crippen LogP contribution in [0.5, 0.6) is 17.4 Å². The van der Waals surface area contributed by atoms with Crippen LogP contribution in [0.3, 0.4) is 0 Å². The average molecular weight is 476 g/mol. The van der Waals surface area contributed by atoms with Crippen molar-refractivity contribution in [1.82, 2.24) is 20.1 Å². The molecule has 0 bridgehead atoms. The summed E-state index contributed by atoms with van der Waals surface area (Å²) in [4.78, 5) is 8.56. The van der Waals surface area contributed by atoms with Gasteiger partial charge in [0, 0.05) is 48.2 Å². The summed E-state index contributed by atoms with van der Waals surface area (Å²) in [5, 5.41) is 8.04. The third-order valence-corrected chi connectivity index (χ3v) is 6.41. The molecule has 4 heterocycles. The molecule has 3 aromatic rings. The fourth-order valence-corrected chi connectivity index (χ4v) is 4.40. The van der Waals surface area contributed by atoms with Crippen LogP contribution in [0.1, 0.15) is 30.0 Å². The van der Waals surface area contributed by atoms with Crippen molar-refractivity contribution in [3.63, 3.8) is 0 Å². The van der Waals surface area contributed by atoms with E-state index >= 15 is 0 Å². The van der Waals surface area contributed by atoms with Gasteiger partial charge in [-0.15, -0.1) is 0 Å². The van der Waals surface area contributed by atoms with Crippen molar-refractivity contribution in [3.05, 3.63) is 73.3 Å². The third-order valence-electron chi connectivity index (χ3n) is 6.41. The first-order chi connectivity index (χ1) is 17.1. The zero-order valence-corrected chi connectivity index (χ0v) is 20.2. The second-order valence-corrected chi connectivity index (χ2v) is 8.67. The van der Waals surface area contributed by atoms with E-state index in [2.05, 4.69) is 55.4 Å². The van der Waals surface area contributed by atoms with Crippen molar-refractivity contribution in [3.8, 4) is 17.4 Å². The van der Waals surface area contributed by atoms with Crippen LogP contribution in [0.4, 0.5) is 11.4 Å². The summed E-state index contributed by atoms with van der Waals surface area (Å²) in [5.74, 6) is 1.86. The van der Waals surface area contributed by atoms with Crippen molar-refractivity contribution in [1.29, 1.82) is 0 Å². The van der Waals surface area contributed by atoms with Crippen LogP contribution < -0.4 is 29.3 Å². The lowest BCUT2D eigenvalue weighted by molar-refractivity contribution is 0.284. The van der Waals surface area contributed by atoms with E-state index in [1.807, 2.05) is 30.5 Å². The second-order valence-electron chi connectivity index (χ2n) is 8.67. The molecule has 2 aliphatic heterocycles. The summed E-state index contributed by atoms with van der Waals surface area (Å²) in [6.45, 7) is 7.35. The predicted molar refractivity (Wildman–Crippen MR) is 135 cm³/mol. The van der Waals surface area contributed by atoms with E-state index in [-0.39, 0.29) is 0 Å². The molecule has 1 N–H and O–H groups in total. The van der Waals surface area contributed by atoms with E-state index in [1.165, 1.54) is 0 Å². The van der Waals surface area contributed by atoms with Crippen LogP contribution in [0.15, 0.2) is 55.3 Å². The lowest BCUT2D eigenvalue weighted by Crippen LogP contribution is -2.29. The molecule has 0 spiro atoms. The highest BCUT2D eigenvalue weighted by atomic mass is 16.5. The molecule has 9 heteroatoms. The van der Waals surface area contributed by atoms with Gasteiger partial charge in [0.2, 0.25) is 5.88 Å². The predicted octanol–water partition coefficient (Wildman–Crippen LogP) is 3.74. The molecule has 0 saturated carbocycles. The molecule has 0 unspecified atom stereocenters. The van der Waals surface area contributed by atoms with Crippen LogP contribution in [0, 0.1) is 6.92 Å². The van der Waals surface area contributed by atoms with Crippen molar-refractivity contribution >= 4 is 11.4 Å². The van der Waals surface area contributed by atoms with Gasteiger partial charge in [-0.3, -0.25) is 4.68 Å². The fourth-order valence-electron chi connectivity index (χ4n) is 4.40. The van der Waals surface area contributed by atoms with Crippen molar-refractivity contribution in [2.24, 2.45) is 0 Å². The Kier molecular flexibility index (Phi) is 6.76. The quantitative estimate of drug-likeness (QED) is 0.528. The van der Waals surface area contributed by atoms with E-state index in [4.69, 9.17) is 14.2 Å². The molecule has 0 atom stereocenters. The zero-order chi connectivity index (χ0) is 24.2. The van der Waals surface area contributed by atoms with Crippen LogP contribution in [0.25, 0.3) is 0 Å². The Morgan fingerprint density at radius 2 is 1.86 bits per heavy atom. The SMILES string of the molecule is [CH2]c1cc(OC)c(OCc2ccc(OC)nc2)cc1N1C=CN(c2cnn(C3CCNCC3)c2)C1. The van der Waals surface area contributed by atoms with E-state index in [0.29, 0.717) is 36.7 Å². The highest BCUT2D eigenvalue weighted by Crippen LogP contribution is 2.37. The maximum atomic E-state index is 6.11. The fraction of sp³-hybridized carbons (Fsp3) is 0.346. The maximum absolute atomic E-state index is 6.11. The highest BCUT2D eigenvalue weighted by Gasteiger charge is 2.22. The van der Waals surface area contributed by atoms with Crippen LogP contribution in [-0.4, -0.2) is 48.7 Å². The Balaban J connectivity index is 1.29. The molecule has 183 valence electrons. The van der Waals surface area contributed by atoms with Gasteiger partial charge in [0.15, 0.2) is 11.5 Å². The molecular formula is C26H31N6O3. The molecule has 0 amide bonds. The average Bonchev–Trinajstić information content (AvgIpc) is 3.59. The number of pyridine rings is 1. The number of aromatic nitrogens is 3. The van der Waals surface area contributed by atoms with Gasteiger partial charge >= 0.3 is 0 Å². The minimum atomic E-state index is 0.362. The normalized spacial score (nSPS) is 16.1. The van der Waals surface area contributed by atoms with Gasteiger partial charge in [0.05, 0.1) is 38.8 Å². The molecule has 2 aliphatic rings. The smallest absolute Gasteiger partial charge is 0.212 e. The first-order valence-electron chi connectivity index (χ1n) is 11.8. The summed E-state index contributed by atoms with van der Waals surface area (Å²) < 4.78 is 18.9. The minimum absolute atomic E-state index is 0.362. The standard InChI is InChI=1S/C26H31N6O3/c1-19-12-24(33-2)25(35-17-20-4-5-26(34-3)28-14-20)13-23(19)31-11-10-30(18-31)22-15-29-32(16-22)21-6-8-27-9-7-21/h4-5,10-16,21,27H,1,6-9,17-18H2,2-3H3. The van der Waals surface area contributed by atoms with Gasteiger partial charge in [-0.05, 0) is 50.6 Å². The van der Waals surface area contributed by atoms with Crippen molar-refractivity contribution in [2.75, 3.05) is 43.8 Å². The van der Waals surface area contributed by atoms with Gasteiger partial charge in [0.25, 0.3) is 0 Å². The molecule has 1 fully saturated rings. The number of benzene rings is 1. The summed E-state index contributed by atoms with van der Waals surface area (Å²) in [6.07, 6.45) is 12.1. The summed E-state index contributed by atoms with van der Waals surface area (Å²) in [7, 11) is 3.23. The number of anilines is 2. The zero-order valence-electron chi connectivity index (χ0n) is 20.2. The van der Waals surface area contributed by atoms with Gasteiger partial charge in [0.1, 0.15) is 6.61 Å². The number of methoxy groups -OCH3 is 2. The highest BCUT2D eigenvalue weighted by molar-refractivity contribution is 5.67. The number of hydrogen-bond acceptors (Lipinski definition) is 8. The topological polar surface area (TPSA) is 76.9 Å². The lowest BCUT2D eigenvalue weighted by Gasteiger charge is -2.24. The molecule has 2 aromatic heterocycles. The van der Waals surface area contributed by atoms with Crippen LogP contribution >= 0.6 is 0 Å². The number of nitrogens with one attached hydrogen (secondary N) is 1. The molecule has 1 saturated heterocycles. The van der Waals surface area contributed by atoms with E-state index in [0.717, 1.165) is 48.4 Å². The van der Waals surface area contributed by atoms with Crippen molar-refractivity contribution in [2.45, 2.75) is 25.5 Å². The first-order valence-corrected chi connectivity index (χ1v) is 11.8. The van der Waals surface area contributed by atoms with Crippen LogP contribution in [0.2, 0.25) is 0 Å². The lowest BCUT2D eigenvalue weighted by atomic mass is 10.1. The Morgan fingerprint density at radius 1 is 1.03 bits per heavy atom. The number of nitrogens with zero attached hydrogens (tertiary/aromatic N) is 5. The Bertz CT molecular complexity index is 1170. The van der Waals surface area contributed by atoms with Gasteiger partial charge < -0.3 is 29.3 Å². The summed E-state index contributed by atoms with van der Waals surface area (Å²) in [5.41, 5.74) is 3.83. The van der Waals surface area contributed by atoms with E-state index in [1.54, 1.807) is 20.4 Å². The molecule has 1 radical (unpaired) electrons. The van der Waals surface area contributed by atoms with E-state index < -0.39 is 0 Å². The monoisotopic (exact) mass is 475 g/mol. The summed E-state index contributed by atoms with van der Waals surface area (Å²) >= 11 is 0. The Labute approximate surface area is 205 Å². The Hall–Kier alpha value is -3.72. The number of piperidine rings is 1. The molecule has 0 aliphatic carbocycles. The largest absolute Gasteiger partial charge is 0.493 e. The molecule has 5 rings (SSSR count). The van der Waals surface area contributed by atoms with Gasteiger partial charge in [-0.25, -0.2) is 4.98 Å². The summed E-state index contributed by atoms with van der Waals surface area (Å²) in [6, 6.07) is 8.09. The van der Waals surface area contributed by atoms with E-state index in [9.17, 15) is 0 Å². The van der Waals surface area contributed by atoms with Crippen LogP contribution in [-0.2, 0) is 6.61 Å². The Morgan fingerprint density at radius 3 is 2.60 bits per heavy atom. The maximum Gasteiger partial charge on any atom is 0.212 e. The van der Waals surface area contributed by atoms with Crippen molar-refractivity contribution < 1.29 is 14.2 Å². The second kappa shape index (κ2) is 10.3. The molecular weight excluding hydrogens is 444 g/mol. The number of rotatable bonds is 8. The molecule has 9 nitrogen and oxygen atoms in total. The van der Waals surface area contributed by atoms with Gasteiger partial charge in [-0.2, -0.15) is 5.10 Å². The molecule has 35 heavy (non-hydrogen) atoms. The van der Waals surface area contributed by atoms with Gasteiger partial charge in [-0.1, -0.05) is 0 Å². The molecule has 1 aromatic carbocycles. The number of hydrogen-bond donors (Lipinski definition) is 1. The minimum Gasteiger partial charge on any atom is -0.493 e.